The van der Waals surface area contributed by atoms with E-state index < -0.39 is 0 Å². The fourth-order valence-corrected chi connectivity index (χ4v) is 3.54. The fraction of sp³-hybridized carbons (Fsp3) is 0.643. The second-order valence-electron chi connectivity index (χ2n) is 4.99. The number of ketones is 1. The maximum absolute atomic E-state index is 12.3. The molecule has 1 saturated heterocycles. The number of rotatable bonds is 5. The summed E-state index contributed by atoms with van der Waals surface area (Å²) in [6.45, 7) is 5.99. The van der Waals surface area contributed by atoms with E-state index >= 15 is 0 Å². The molecule has 0 N–H and O–H groups in total. The van der Waals surface area contributed by atoms with Gasteiger partial charge in [-0.2, -0.15) is 0 Å². The zero-order valence-electron chi connectivity index (χ0n) is 11.9. The van der Waals surface area contributed by atoms with Gasteiger partial charge in [0, 0.05) is 42.6 Å². The van der Waals surface area contributed by atoms with Crippen molar-refractivity contribution in [1.29, 1.82) is 0 Å². The Morgan fingerprint density at radius 2 is 1.89 bits per heavy atom. The number of likely N-dealkylation sites (tertiary alicyclic amines) is 1. The number of methoxy groups -OCH3 is 2. The van der Waals surface area contributed by atoms with Crippen LogP contribution in [0.15, 0.2) is 6.07 Å². The van der Waals surface area contributed by atoms with Crippen LogP contribution in [0, 0.1) is 13.8 Å². The van der Waals surface area contributed by atoms with Crippen LogP contribution in [-0.4, -0.2) is 56.7 Å². The molecule has 1 fully saturated rings. The second kappa shape index (κ2) is 6.13. The van der Waals surface area contributed by atoms with Crippen molar-refractivity contribution < 1.29 is 14.3 Å². The Morgan fingerprint density at radius 3 is 2.32 bits per heavy atom. The van der Waals surface area contributed by atoms with Crippen LogP contribution in [-0.2, 0) is 9.47 Å². The lowest BCUT2D eigenvalue weighted by Gasteiger charge is -2.13. The number of ether oxygens (including phenoxy) is 2. The van der Waals surface area contributed by atoms with E-state index in [9.17, 15) is 4.79 Å². The topological polar surface area (TPSA) is 38.8 Å². The zero-order valence-corrected chi connectivity index (χ0v) is 12.8. The Kier molecular flexibility index (Phi) is 4.73. The average molecular weight is 283 g/mol. The molecule has 4 nitrogen and oxygen atoms in total. The molecular formula is C14H21NO3S. The highest BCUT2D eigenvalue weighted by molar-refractivity contribution is 7.12. The average Bonchev–Trinajstić information content (AvgIpc) is 2.92. The van der Waals surface area contributed by atoms with Crippen molar-refractivity contribution in [1.82, 2.24) is 4.90 Å². The molecule has 1 aliphatic rings. The molecule has 0 radical (unpaired) electrons. The molecule has 1 aliphatic heterocycles. The van der Waals surface area contributed by atoms with Gasteiger partial charge < -0.3 is 9.47 Å². The van der Waals surface area contributed by atoms with Crippen LogP contribution in [0.5, 0.6) is 0 Å². The predicted octanol–water partition coefficient (Wildman–Crippen LogP) is 1.89. The zero-order chi connectivity index (χ0) is 14.0. The molecule has 0 saturated carbocycles. The van der Waals surface area contributed by atoms with E-state index in [4.69, 9.17) is 9.47 Å². The molecule has 0 aromatic carbocycles. The van der Waals surface area contributed by atoms with Crippen molar-refractivity contribution in [3.05, 3.63) is 21.4 Å². The Hall–Kier alpha value is -0.750. The Balaban J connectivity index is 1.99. The minimum atomic E-state index is 0.0584. The summed E-state index contributed by atoms with van der Waals surface area (Å²) >= 11 is 1.68. The van der Waals surface area contributed by atoms with Crippen LogP contribution < -0.4 is 0 Å². The molecule has 1 aromatic rings. The number of Topliss-reactive ketones (excluding diaryl/α,β-unsaturated/α-hetero) is 1. The quantitative estimate of drug-likeness (QED) is 0.774. The molecule has 19 heavy (non-hydrogen) atoms. The first kappa shape index (κ1) is 14.7. The summed E-state index contributed by atoms with van der Waals surface area (Å²) < 4.78 is 10.8. The molecule has 2 heterocycles. The summed E-state index contributed by atoms with van der Waals surface area (Å²) in [6, 6.07) is 1.99. The minimum absolute atomic E-state index is 0.0584. The van der Waals surface area contributed by atoms with Crippen molar-refractivity contribution in [3.63, 3.8) is 0 Å². The van der Waals surface area contributed by atoms with Crippen LogP contribution in [0.3, 0.4) is 0 Å². The van der Waals surface area contributed by atoms with Crippen LogP contribution in [0.2, 0.25) is 0 Å². The molecule has 106 valence electrons. The Bertz CT molecular complexity index is 446. The van der Waals surface area contributed by atoms with Gasteiger partial charge in [0.2, 0.25) is 0 Å². The normalized spacial score (nSPS) is 24.0. The van der Waals surface area contributed by atoms with E-state index in [-0.39, 0.29) is 18.0 Å². The standard InChI is InChI=1S/C14H21NO3S/c1-9-5-11(10(2)19-9)12(16)6-15-7-13(17-3)14(8-15)18-4/h5,13-14H,6-8H2,1-4H3. The van der Waals surface area contributed by atoms with Gasteiger partial charge in [0.1, 0.15) is 0 Å². The summed E-state index contributed by atoms with van der Waals surface area (Å²) in [7, 11) is 3.38. The number of carbonyl (C=O) groups is 1. The first-order chi connectivity index (χ1) is 9.05. The lowest BCUT2D eigenvalue weighted by molar-refractivity contribution is -0.00461. The third-order valence-electron chi connectivity index (χ3n) is 3.61. The molecule has 0 bridgehead atoms. The van der Waals surface area contributed by atoms with Gasteiger partial charge >= 0.3 is 0 Å². The van der Waals surface area contributed by atoms with Crippen LogP contribution >= 0.6 is 11.3 Å². The van der Waals surface area contributed by atoms with E-state index in [2.05, 4.69) is 4.90 Å². The van der Waals surface area contributed by atoms with Gasteiger partial charge in [-0.05, 0) is 19.9 Å². The molecular weight excluding hydrogens is 262 g/mol. The summed E-state index contributed by atoms with van der Waals surface area (Å²) in [5, 5.41) is 0. The predicted molar refractivity (Wildman–Crippen MR) is 76.2 cm³/mol. The molecule has 2 unspecified atom stereocenters. The molecule has 0 amide bonds. The molecule has 2 rings (SSSR count). The van der Waals surface area contributed by atoms with Crippen molar-refractivity contribution in [2.75, 3.05) is 33.9 Å². The lowest BCUT2D eigenvalue weighted by atomic mass is 10.1. The number of hydrogen-bond donors (Lipinski definition) is 0. The van der Waals surface area contributed by atoms with Crippen molar-refractivity contribution in [2.45, 2.75) is 26.1 Å². The van der Waals surface area contributed by atoms with Crippen molar-refractivity contribution in [3.8, 4) is 0 Å². The number of aryl methyl sites for hydroxylation is 2. The third-order valence-corrected chi connectivity index (χ3v) is 4.57. The van der Waals surface area contributed by atoms with Gasteiger partial charge in [-0.3, -0.25) is 9.69 Å². The molecule has 1 aromatic heterocycles. The van der Waals surface area contributed by atoms with Crippen LogP contribution in [0.25, 0.3) is 0 Å². The second-order valence-corrected chi connectivity index (χ2v) is 6.45. The number of carbonyl (C=O) groups excluding carboxylic acids is 1. The van der Waals surface area contributed by atoms with Crippen LogP contribution in [0.4, 0.5) is 0 Å². The highest BCUT2D eigenvalue weighted by Crippen LogP contribution is 2.22. The molecule has 5 heteroatoms. The Morgan fingerprint density at radius 1 is 1.32 bits per heavy atom. The van der Waals surface area contributed by atoms with E-state index in [0.717, 1.165) is 23.5 Å². The van der Waals surface area contributed by atoms with Gasteiger partial charge in [-0.1, -0.05) is 0 Å². The van der Waals surface area contributed by atoms with E-state index in [0.29, 0.717) is 6.54 Å². The van der Waals surface area contributed by atoms with E-state index in [1.807, 2.05) is 19.9 Å². The molecule has 0 aliphatic carbocycles. The fourth-order valence-electron chi connectivity index (χ4n) is 2.60. The largest absolute Gasteiger partial charge is 0.377 e. The van der Waals surface area contributed by atoms with E-state index in [1.54, 1.807) is 25.6 Å². The summed E-state index contributed by atoms with van der Waals surface area (Å²) in [4.78, 5) is 16.7. The number of nitrogens with zero attached hydrogens (tertiary/aromatic N) is 1. The van der Waals surface area contributed by atoms with Gasteiger partial charge in [0.25, 0.3) is 0 Å². The van der Waals surface area contributed by atoms with Crippen molar-refractivity contribution in [2.24, 2.45) is 0 Å². The monoisotopic (exact) mass is 283 g/mol. The number of hydrogen-bond acceptors (Lipinski definition) is 5. The van der Waals surface area contributed by atoms with Gasteiger partial charge in [-0.15, -0.1) is 11.3 Å². The highest BCUT2D eigenvalue weighted by atomic mass is 32.1. The molecule has 0 spiro atoms. The smallest absolute Gasteiger partial charge is 0.177 e. The van der Waals surface area contributed by atoms with Gasteiger partial charge in [0.05, 0.1) is 18.8 Å². The summed E-state index contributed by atoms with van der Waals surface area (Å²) in [5.74, 6) is 0.188. The summed E-state index contributed by atoms with van der Waals surface area (Å²) in [6.07, 6.45) is 0.117. The highest BCUT2D eigenvalue weighted by Gasteiger charge is 2.33. The maximum Gasteiger partial charge on any atom is 0.177 e. The van der Waals surface area contributed by atoms with Gasteiger partial charge in [-0.25, -0.2) is 0 Å². The van der Waals surface area contributed by atoms with Crippen molar-refractivity contribution >= 4 is 17.1 Å². The first-order valence-corrected chi connectivity index (χ1v) is 7.25. The Labute approximate surface area is 118 Å². The lowest BCUT2D eigenvalue weighted by Crippen LogP contribution is -2.29. The minimum Gasteiger partial charge on any atom is -0.377 e. The summed E-state index contributed by atoms with van der Waals surface area (Å²) in [5.41, 5.74) is 0.859. The third kappa shape index (κ3) is 3.23. The van der Waals surface area contributed by atoms with Crippen LogP contribution in [0.1, 0.15) is 20.1 Å². The maximum atomic E-state index is 12.3. The SMILES string of the molecule is COC1CN(CC(=O)c2cc(C)sc2C)CC1OC. The van der Waals surface area contributed by atoms with E-state index in [1.165, 1.54) is 4.88 Å². The first-order valence-electron chi connectivity index (χ1n) is 6.43. The number of thiophene rings is 1. The van der Waals surface area contributed by atoms with Gasteiger partial charge in [0.15, 0.2) is 5.78 Å². The molecule has 2 atom stereocenters.